The van der Waals surface area contributed by atoms with Crippen molar-refractivity contribution < 1.29 is 8.42 Å². The van der Waals surface area contributed by atoms with Crippen molar-refractivity contribution in [1.82, 2.24) is 5.32 Å². The van der Waals surface area contributed by atoms with Gasteiger partial charge in [0.05, 0.1) is 5.25 Å². The van der Waals surface area contributed by atoms with Crippen molar-refractivity contribution in [3.8, 4) is 0 Å². The van der Waals surface area contributed by atoms with E-state index in [1.54, 1.807) is 13.8 Å². The Bertz CT molecular complexity index is 222. The van der Waals surface area contributed by atoms with Crippen molar-refractivity contribution >= 4 is 9.84 Å². The van der Waals surface area contributed by atoms with Crippen LogP contribution in [0.2, 0.25) is 0 Å². The highest BCUT2D eigenvalue weighted by Gasteiger charge is 2.17. The molecule has 0 saturated heterocycles. The third-order valence-corrected chi connectivity index (χ3v) is 4.20. The van der Waals surface area contributed by atoms with Crippen molar-refractivity contribution in [2.75, 3.05) is 18.8 Å². The first-order valence-electron chi connectivity index (χ1n) is 4.82. The summed E-state index contributed by atoms with van der Waals surface area (Å²) in [6.45, 7) is 9.09. The van der Waals surface area contributed by atoms with Gasteiger partial charge in [0.1, 0.15) is 0 Å². The van der Waals surface area contributed by atoms with E-state index in [4.69, 9.17) is 0 Å². The van der Waals surface area contributed by atoms with Gasteiger partial charge in [0.2, 0.25) is 0 Å². The van der Waals surface area contributed by atoms with Gasteiger partial charge >= 0.3 is 0 Å². The molecule has 13 heavy (non-hydrogen) atoms. The molecular weight excluding hydrogens is 186 g/mol. The number of hydrogen-bond donors (Lipinski definition) is 1. The van der Waals surface area contributed by atoms with Crippen molar-refractivity contribution in [3.05, 3.63) is 0 Å². The van der Waals surface area contributed by atoms with E-state index in [-0.39, 0.29) is 11.0 Å². The smallest absolute Gasteiger partial charge is 0.153 e. The zero-order valence-electron chi connectivity index (χ0n) is 9.00. The lowest BCUT2D eigenvalue weighted by atomic mass is 10.2. The molecule has 0 aromatic rings. The molecule has 0 heterocycles. The van der Waals surface area contributed by atoms with Gasteiger partial charge < -0.3 is 5.32 Å². The molecule has 0 aliphatic heterocycles. The van der Waals surface area contributed by atoms with Crippen molar-refractivity contribution in [1.29, 1.82) is 0 Å². The van der Waals surface area contributed by atoms with E-state index in [1.807, 2.05) is 0 Å². The average molecular weight is 207 g/mol. The Morgan fingerprint density at radius 1 is 1.15 bits per heavy atom. The fraction of sp³-hybridized carbons (Fsp3) is 1.00. The van der Waals surface area contributed by atoms with Crippen molar-refractivity contribution in [2.45, 2.75) is 32.9 Å². The van der Waals surface area contributed by atoms with Gasteiger partial charge in [0, 0.05) is 12.3 Å². The van der Waals surface area contributed by atoms with E-state index in [9.17, 15) is 8.42 Å². The molecule has 0 spiro atoms. The van der Waals surface area contributed by atoms with Gasteiger partial charge in [0.25, 0.3) is 0 Å². The summed E-state index contributed by atoms with van der Waals surface area (Å²) in [6, 6.07) is 0. The third-order valence-electron chi connectivity index (χ3n) is 2.00. The van der Waals surface area contributed by atoms with Gasteiger partial charge in [-0.25, -0.2) is 8.42 Å². The highest BCUT2D eigenvalue weighted by atomic mass is 32.2. The van der Waals surface area contributed by atoms with Crippen LogP contribution in [0.25, 0.3) is 0 Å². The largest absolute Gasteiger partial charge is 0.315 e. The Kier molecular flexibility index (Phi) is 5.56. The van der Waals surface area contributed by atoms with Gasteiger partial charge in [-0.1, -0.05) is 20.8 Å². The Hall–Kier alpha value is -0.0900. The maximum absolute atomic E-state index is 11.3. The lowest BCUT2D eigenvalue weighted by Crippen LogP contribution is -2.33. The molecule has 0 saturated carbocycles. The minimum absolute atomic E-state index is 0.234. The topological polar surface area (TPSA) is 46.2 Å². The van der Waals surface area contributed by atoms with Crippen LogP contribution < -0.4 is 5.32 Å². The normalized spacial score (nSPS) is 14.8. The first kappa shape index (κ1) is 12.9. The lowest BCUT2D eigenvalue weighted by Gasteiger charge is -2.13. The molecule has 1 N–H and O–H groups in total. The molecule has 0 aliphatic rings. The monoisotopic (exact) mass is 207 g/mol. The summed E-state index contributed by atoms with van der Waals surface area (Å²) >= 11 is 0. The molecule has 0 amide bonds. The Balaban J connectivity index is 3.82. The van der Waals surface area contributed by atoms with Gasteiger partial charge in [-0.05, 0) is 19.4 Å². The highest BCUT2D eigenvalue weighted by molar-refractivity contribution is 7.92. The Morgan fingerprint density at radius 3 is 2.08 bits per heavy atom. The molecule has 0 rings (SSSR count). The van der Waals surface area contributed by atoms with Crippen LogP contribution in [-0.2, 0) is 9.84 Å². The molecule has 0 aliphatic carbocycles. The minimum Gasteiger partial charge on any atom is -0.315 e. The summed E-state index contributed by atoms with van der Waals surface area (Å²) in [5.74, 6) is 0.800. The molecule has 0 aromatic carbocycles. The molecule has 4 heteroatoms. The fourth-order valence-corrected chi connectivity index (χ4v) is 1.93. The maximum Gasteiger partial charge on any atom is 0.153 e. The first-order valence-corrected chi connectivity index (χ1v) is 6.54. The van der Waals surface area contributed by atoms with Gasteiger partial charge in [-0.3, -0.25) is 0 Å². The number of hydrogen-bond acceptors (Lipinski definition) is 3. The minimum atomic E-state index is -2.86. The first-order chi connectivity index (χ1) is 5.90. The van der Waals surface area contributed by atoms with Crippen LogP contribution in [0, 0.1) is 5.92 Å². The molecule has 1 atom stereocenters. The molecule has 0 aromatic heterocycles. The molecule has 0 bridgehead atoms. The fourth-order valence-electron chi connectivity index (χ4n) is 0.987. The van der Waals surface area contributed by atoms with Crippen LogP contribution in [0.1, 0.15) is 27.7 Å². The van der Waals surface area contributed by atoms with E-state index in [0.29, 0.717) is 12.5 Å². The SMILES string of the molecule is CCS(=O)(=O)C(C)CNCC(C)C. The quantitative estimate of drug-likeness (QED) is 0.708. The Morgan fingerprint density at radius 2 is 1.69 bits per heavy atom. The van der Waals surface area contributed by atoms with E-state index in [0.717, 1.165) is 6.54 Å². The predicted octanol–water partition coefficient (Wildman–Crippen LogP) is 1.06. The zero-order chi connectivity index (χ0) is 10.5. The van der Waals surface area contributed by atoms with Crippen LogP contribution in [0.3, 0.4) is 0 Å². The lowest BCUT2D eigenvalue weighted by molar-refractivity contribution is 0.536. The van der Waals surface area contributed by atoms with Gasteiger partial charge in [0.15, 0.2) is 9.84 Å². The van der Waals surface area contributed by atoms with Crippen LogP contribution in [-0.4, -0.2) is 32.5 Å². The summed E-state index contributed by atoms with van der Waals surface area (Å²) in [5.41, 5.74) is 0. The van der Waals surface area contributed by atoms with E-state index in [1.165, 1.54) is 0 Å². The summed E-state index contributed by atoms with van der Waals surface area (Å²) in [7, 11) is -2.86. The van der Waals surface area contributed by atoms with Crippen molar-refractivity contribution in [2.24, 2.45) is 5.92 Å². The molecule has 1 unspecified atom stereocenters. The second kappa shape index (κ2) is 5.60. The summed E-state index contributed by atoms with van der Waals surface area (Å²) in [4.78, 5) is 0. The van der Waals surface area contributed by atoms with Gasteiger partial charge in [-0.15, -0.1) is 0 Å². The second-order valence-electron chi connectivity index (χ2n) is 3.81. The predicted molar refractivity (Wildman–Crippen MR) is 56.6 cm³/mol. The van der Waals surface area contributed by atoms with E-state index >= 15 is 0 Å². The van der Waals surface area contributed by atoms with Crippen molar-refractivity contribution in [3.63, 3.8) is 0 Å². The summed E-state index contributed by atoms with van der Waals surface area (Å²) in [6.07, 6.45) is 0. The number of rotatable bonds is 6. The number of nitrogens with one attached hydrogen (secondary N) is 1. The molecular formula is C9H21NO2S. The molecule has 0 fully saturated rings. The van der Waals surface area contributed by atoms with Gasteiger partial charge in [-0.2, -0.15) is 0 Å². The van der Waals surface area contributed by atoms with E-state index < -0.39 is 9.84 Å². The van der Waals surface area contributed by atoms with E-state index in [2.05, 4.69) is 19.2 Å². The summed E-state index contributed by atoms with van der Waals surface area (Å²) in [5, 5.41) is 2.88. The Labute approximate surface area is 81.8 Å². The molecule has 3 nitrogen and oxygen atoms in total. The third kappa shape index (κ3) is 5.26. The average Bonchev–Trinajstić information content (AvgIpc) is 2.03. The van der Waals surface area contributed by atoms with Crippen LogP contribution in [0.4, 0.5) is 0 Å². The van der Waals surface area contributed by atoms with Crippen LogP contribution in [0.15, 0.2) is 0 Å². The zero-order valence-corrected chi connectivity index (χ0v) is 9.82. The standard InChI is InChI=1S/C9H21NO2S/c1-5-13(11,12)9(4)7-10-6-8(2)3/h8-10H,5-7H2,1-4H3. The molecule has 0 radical (unpaired) electrons. The van der Waals surface area contributed by atoms with Crippen LogP contribution in [0.5, 0.6) is 0 Å². The highest BCUT2D eigenvalue weighted by Crippen LogP contribution is 2.00. The second-order valence-corrected chi connectivity index (χ2v) is 6.52. The van der Waals surface area contributed by atoms with Crippen LogP contribution >= 0.6 is 0 Å². The molecule has 80 valence electrons. The number of sulfone groups is 1. The maximum atomic E-state index is 11.3. The summed E-state index contributed by atoms with van der Waals surface area (Å²) < 4.78 is 22.7.